The summed E-state index contributed by atoms with van der Waals surface area (Å²) >= 11 is 0. The molecule has 4 nitrogen and oxygen atoms in total. The summed E-state index contributed by atoms with van der Waals surface area (Å²) in [6, 6.07) is 5.30. The third-order valence-corrected chi connectivity index (χ3v) is 8.41. The normalized spacial score (nSPS) is 21.6. The van der Waals surface area contributed by atoms with Gasteiger partial charge in [0.1, 0.15) is 10.6 Å². The fourth-order valence-corrected chi connectivity index (χ4v) is 6.24. The van der Waals surface area contributed by atoms with Gasteiger partial charge in [-0.1, -0.05) is 24.3 Å². The van der Waals surface area contributed by atoms with Gasteiger partial charge in [0, 0.05) is 5.56 Å². The minimum absolute atomic E-state index is 0.212. The highest BCUT2D eigenvalue weighted by atomic mass is 32.2. The number of methoxy groups -OCH3 is 1. The number of sulfone groups is 1. The minimum atomic E-state index is -6.34. The Bertz CT molecular complexity index is 1150. The number of carbonyl (C=O) groups is 1. The molecule has 1 fully saturated rings. The summed E-state index contributed by atoms with van der Waals surface area (Å²) in [6.45, 7) is 0. The average molecular weight is 516 g/mol. The molecule has 0 aromatic heterocycles. The van der Waals surface area contributed by atoms with E-state index in [1.807, 2.05) is 0 Å². The molecule has 0 amide bonds. The van der Waals surface area contributed by atoms with Gasteiger partial charge in [0.15, 0.2) is 9.84 Å². The number of hydrogen-bond acceptors (Lipinski definition) is 4. The van der Waals surface area contributed by atoms with E-state index in [-0.39, 0.29) is 22.6 Å². The average Bonchev–Trinajstić information content (AvgIpc) is 2.71. The van der Waals surface area contributed by atoms with Crippen LogP contribution in [0.15, 0.2) is 53.4 Å². The largest absolute Gasteiger partial charge is 0.469 e. The second-order valence-electron chi connectivity index (χ2n) is 7.81. The van der Waals surface area contributed by atoms with Crippen LogP contribution in [0.1, 0.15) is 24.0 Å². The summed E-state index contributed by atoms with van der Waals surface area (Å²) in [5.41, 5.74) is -7.72. The first kappa shape index (κ1) is 25.9. The molecule has 2 aromatic rings. The van der Waals surface area contributed by atoms with Crippen LogP contribution in [0.25, 0.3) is 0 Å². The number of benzene rings is 2. The molecule has 0 atom stereocenters. The van der Waals surface area contributed by atoms with E-state index in [0.717, 1.165) is 31.4 Å². The Labute approximate surface area is 188 Å². The van der Waals surface area contributed by atoms with Gasteiger partial charge in [0.05, 0.1) is 17.9 Å². The molecular formula is C21H16F8O4S. The lowest BCUT2D eigenvalue weighted by Crippen LogP contribution is -2.51. The SMILES string of the molecule is COC(=O)C1CC(c2ccc(C(F)(C(F)(F)F)C(F)(F)F)cc2)(S(=O)(=O)c2ccc(F)cc2)C1. The predicted octanol–water partition coefficient (Wildman–Crippen LogP) is 5.37. The second-order valence-corrected chi connectivity index (χ2v) is 10.1. The molecule has 0 bridgehead atoms. The molecule has 186 valence electrons. The van der Waals surface area contributed by atoms with Crippen molar-refractivity contribution in [3.05, 3.63) is 65.5 Å². The monoisotopic (exact) mass is 516 g/mol. The van der Waals surface area contributed by atoms with Gasteiger partial charge in [-0.3, -0.25) is 4.79 Å². The Morgan fingerprint density at radius 3 is 1.76 bits per heavy atom. The summed E-state index contributed by atoms with van der Waals surface area (Å²) in [6.07, 6.45) is -13.5. The lowest BCUT2D eigenvalue weighted by Gasteiger charge is -2.46. The second kappa shape index (κ2) is 8.21. The van der Waals surface area contributed by atoms with Crippen LogP contribution in [0.3, 0.4) is 0 Å². The maximum atomic E-state index is 14.3. The zero-order valence-electron chi connectivity index (χ0n) is 17.2. The van der Waals surface area contributed by atoms with E-state index in [4.69, 9.17) is 0 Å². The molecule has 3 rings (SSSR count). The third kappa shape index (κ3) is 3.83. The van der Waals surface area contributed by atoms with Gasteiger partial charge < -0.3 is 4.74 Å². The number of ether oxygens (including phenoxy) is 1. The number of carbonyl (C=O) groups excluding carboxylic acids is 1. The van der Waals surface area contributed by atoms with E-state index in [9.17, 15) is 48.3 Å². The first-order valence-electron chi connectivity index (χ1n) is 9.52. The number of hydrogen-bond donors (Lipinski definition) is 0. The molecule has 0 saturated heterocycles. The predicted molar refractivity (Wildman–Crippen MR) is 101 cm³/mol. The van der Waals surface area contributed by atoms with Gasteiger partial charge in [0.2, 0.25) is 0 Å². The van der Waals surface area contributed by atoms with Crippen molar-refractivity contribution in [3.63, 3.8) is 0 Å². The van der Waals surface area contributed by atoms with Gasteiger partial charge in [-0.05, 0) is 42.7 Å². The first-order valence-corrected chi connectivity index (χ1v) is 11.0. The van der Waals surface area contributed by atoms with Crippen molar-refractivity contribution >= 4 is 15.8 Å². The van der Waals surface area contributed by atoms with Crippen molar-refractivity contribution in [1.82, 2.24) is 0 Å². The molecule has 0 heterocycles. The van der Waals surface area contributed by atoms with Gasteiger partial charge >= 0.3 is 24.0 Å². The maximum absolute atomic E-state index is 14.3. The summed E-state index contributed by atoms with van der Waals surface area (Å²) < 4.78 is 135. The smallest absolute Gasteiger partial charge is 0.435 e. The Hall–Kier alpha value is -2.70. The molecule has 34 heavy (non-hydrogen) atoms. The van der Waals surface area contributed by atoms with Crippen LogP contribution in [0.2, 0.25) is 0 Å². The quantitative estimate of drug-likeness (QED) is 0.305. The Morgan fingerprint density at radius 1 is 0.882 bits per heavy atom. The van der Waals surface area contributed by atoms with E-state index >= 15 is 0 Å². The standard InChI is InChI=1S/C21H16F8O4S/c1-33-17(30)12-10-18(11-12,34(31,32)16-8-6-15(22)7-9-16)13-2-4-14(5-3-13)19(23,20(24,25)26)21(27,28)29/h2-9,12H,10-11H2,1H3. The zero-order valence-corrected chi connectivity index (χ0v) is 18.0. The van der Waals surface area contributed by atoms with Crippen LogP contribution < -0.4 is 0 Å². The Kier molecular flexibility index (Phi) is 6.25. The minimum Gasteiger partial charge on any atom is -0.469 e. The van der Waals surface area contributed by atoms with Crippen molar-refractivity contribution in [2.75, 3.05) is 7.11 Å². The number of rotatable bonds is 5. The molecule has 0 N–H and O–H groups in total. The lowest BCUT2D eigenvalue weighted by atomic mass is 9.70. The highest BCUT2D eigenvalue weighted by Gasteiger charge is 2.73. The topological polar surface area (TPSA) is 60.4 Å². The Balaban J connectivity index is 2.12. The van der Waals surface area contributed by atoms with E-state index in [1.165, 1.54) is 0 Å². The highest BCUT2D eigenvalue weighted by Crippen LogP contribution is 2.56. The molecule has 13 heteroatoms. The van der Waals surface area contributed by atoms with E-state index in [2.05, 4.69) is 4.74 Å². The van der Waals surface area contributed by atoms with Crippen LogP contribution in [-0.2, 0) is 29.8 Å². The third-order valence-electron chi connectivity index (χ3n) is 5.92. The van der Waals surface area contributed by atoms with E-state index in [0.29, 0.717) is 12.1 Å². The molecule has 0 radical (unpaired) electrons. The van der Waals surface area contributed by atoms with Crippen molar-refractivity contribution in [2.24, 2.45) is 5.92 Å². The number of alkyl halides is 7. The van der Waals surface area contributed by atoms with Crippen molar-refractivity contribution in [1.29, 1.82) is 0 Å². The Morgan fingerprint density at radius 2 is 1.35 bits per heavy atom. The van der Waals surface area contributed by atoms with Gasteiger partial charge in [-0.15, -0.1) is 0 Å². The fourth-order valence-electron chi connectivity index (χ4n) is 4.01. The molecule has 2 aromatic carbocycles. The first-order chi connectivity index (χ1) is 15.5. The van der Waals surface area contributed by atoms with Gasteiger partial charge in [-0.25, -0.2) is 17.2 Å². The maximum Gasteiger partial charge on any atom is 0.435 e. The molecule has 0 aliphatic heterocycles. The fraction of sp³-hybridized carbons (Fsp3) is 0.381. The molecular weight excluding hydrogens is 500 g/mol. The van der Waals surface area contributed by atoms with Crippen LogP contribution in [0.5, 0.6) is 0 Å². The zero-order chi connectivity index (χ0) is 25.7. The number of esters is 1. The lowest BCUT2D eigenvalue weighted by molar-refractivity contribution is -0.348. The molecule has 1 aliphatic rings. The summed E-state index contributed by atoms with van der Waals surface area (Å²) in [5.74, 6) is -2.44. The van der Waals surface area contributed by atoms with Crippen LogP contribution in [0.4, 0.5) is 35.1 Å². The summed E-state index contributed by atoms with van der Waals surface area (Å²) in [4.78, 5) is 11.5. The van der Waals surface area contributed by atoms with Crippen LogP contribution >= 0.6 is 0 Å². The summed E-state index contributed by atoms with van der Waals surface area (Å²) in [5, 5.41) is 0. The van der Waals surface area contributed by atoms with Crippen LogP contribution in [0, 0.1) is 11.7 Å². The van der Waals surface area contributed by atoms with Crippen LogP contribution in [-0.4, -0.2) is 33.8 Å². The molecule has 0 spiro atoms. The van der Waals surface area contributed by atoms with Gasteiger partial charge in [-0.2, -0.15) is 26.3 Å². The van der Waals surface area contributed by atoms with Gasteiger partial charge in [0.25, 0.3) is 0 Å². The number of halogens is 8. The van der Waals surface area contributed by atoms with E-state index in [1.54, 1.807) is 0 Å². The summed E-state index contributed by atoms with van der Waals surface area (Å²) in [7, 11) is -3.37. The van der Waals surface area contributed by atoms with Crippen molar-refractivity contribution in [2.45, 2.75) is 40.5 Å². The highest BCUT2D eigenvalue weighted by molar-refractivity contribution is 7.92. The van der Waals surface area contributed by atoms with Crippen molar-refractivity contribution in [3.8, 4) is 0 Å². The molecule has 1 aliphatic carbocycles. The van der Waals surface area contributed by atoms with Crippen molar-refractivity contribution < 1.29 is 53.1 Å². The molecule has 1 saturated carbocycles. The van der Waals surface area contributed by atoms with E-state index < -0.39 is 68.7 Å². The molecule has 0 unspecified atom stereocenters.